The van der Waals surface area contributed by atoms with Gasteiger partial charge >= 0.3 is 0 Å². The number of nitrogens with zero attached hydrogens (tertiary/aromatic N) is 2. The van der Waals surface area contributed by atoms with Crippen molar-refractivity contribution in [3.8, 4) is 0 Å². The summed E-state index contributed by atoms with van der Waals surface area (Å²) >= 11 is 0. The van der Waals surface area contributed by atoms with Crippen LogP contribution in [0.25, 0.3) is 10.8 Å². The van der Waals surface area contributed by atoms with Crippen LogP contribution in [0.4, 0.5) is 0 Å². The quantitative estimate of drug-likeness (QED) is 0.510. The highest BCUT2D eigenvalue weighted by Crippen LogP contribution is 2.54. The molecular weight excluding hydrogens is 358 g/mol. The molecule has 2 aromatic carbocycles. The molecule has 0 aliphatic heterocycles. The zero-order valence-electron chi connectivity index (χ0n) is 17.4. The molecule has 0 radical (unpaired) electrons. The number of rotatable bonds is 4. The lowest BCUT2D eigenvalue weighted by Crippen LogP contribution is -2.23. The highest BCUT2D eigenvalue weighted by molar-refractivity contribution is 5.99. The summed E-state index contributed by atoms with van der Waals surface area (Å²) in [4.78, 5) is 16.8. The van der Waals surface area contributed by atoms with Crippen LogP contribution in [0.2, 0.25) is 0 Å². The first-order chi connectivity index (χ1) is 13.8. The molecular formula is C25H27N3O. The molecule has 148 valence electrons. The number of carbonyl (C=O) groups is 1. The van der Waals surface area contributed by atoms with Crippen LogP contribution in [0.1, 0.15) is 50.8 Å². The van der Waals surface area contributed by atoms with Gasteiger partial charge in [-0.2, -0.15) is 5.10 Å². The Kier molecular flexibility index (Phi) is 4.73. The summed E-state index contributed by atoms with van der Waals surface area (Å²) in [5.41, 5.74) is 6.24. The number of pyridine rings is 1. The zero-order valence-corrected chi connectivity index (χ0v) is 17.4. The van der Waals surface area contributed by atoms with Crippen molar-refractivity contribution in [3.05, 3.63) is 77.6 Å². The van der Waals surface area contributed by atoms with Gasteiger partial charge in [-0.1, -0.05) is 70.2 Å². The fourth-order valence-corrected chi connectivity index (χ4v) is 3.92. The van der Waals surface area contributed by atoms with Gasteiger partial charge in [0.15, 0.2) is 0 Å². The third-order valence-corrected chi connectivity index (χ3v) is 6.06. The minimum atomic E-state index is -0.110. The highest BCUT2D eigenvalue weighted by atomic mass is 16.2. The summed E-state index contributed by atoms with van der Waals surface area (Å²) in [7, 11) is 0. The second-order valence-electron chi connectivity index (χ2n) is 9.18. The van der Waals surface area contributed by atoms with Gasteiger partial charge in [0.25, 0.3) is 0 Å². The number of nitrogens with one attached hydrogen (secondary N) is 1. The van der Waals surface area contributed by atoms with Gasteiger partial charge in [0.2, 0.25) is 5.91 Å². The molecule has 0 saturated heterocycles. The van der Waals surface area contributed by atoms with Crippen molar-refractivity contribution in [2.24, 2.45) is 11.0 Å². The molecule has 1 aliphatic carbocycles. The zero-order chi connectivity index (χ0) is 20.6. The molecule has 4 nitrogen and oxygen atoms in total. The third kappa shape index (κ3) is 3.80. The lowest BCUT2D eigenvalue weighted by atomic mass is 9.85. The van der Waals surface area contributed by atoms with E-state index in [4.69, 9.17) is 0 Å². The number of hydrogen-bond acceptors (Lipinski definition) is 3. The largest absolute Gasteiger partial charge is 0.273 e. The Balaban J connectivity index is 1.43. The lowest BCUT2D eigenvalue weighted by Gasteiger charge is -2.20. The maximum absolute atomic E-state index is 12.6. The van der Waals surface area contributed by atoms with E-state index in [2.05, 4.69) is 67.5 Å². The Hall–Kier alpha value is -3.01. The molecule has 0 bridgehead atoms. The molecule has 1 aliphatic rings. The Morgan fingerprint density at radius 1 is 1.17 bits per heavy atom. The molecule has 2 atom stereocenters. The topological polar surface area (TPSA) is 54.4 Å². The van der Waals surface area contributed by atoms with E-state index in [1.807, 2.05) is 30.5 Å². The number of amides is 1. The van der Waals surface area contributed by atoms with Crippen molar-refractivity contribution in [3.63, 3.8) is 0 Å². The van der Waals surface area contributed by atoms with Crippen molar-refractivity contribution in [2.75, 3.05) is 0 Å². The van der Waals surface area contributed by atoms with Crippen molar-refractivity contribution in [2.45, 2.75) is 44.9 Å². The van der Waals surface area contributed by atoms with E-state index >= 15 is 0 Å². The SMILES string of the molecule is CC(C)(C)c1ccc(C2(C)CC2C(=O)N/N=C/c2cccc3cnccc23)cc1. The maximum atomic E-state index is 12.6. The van der Waals surface area contributed by atoms with Gasteiger partial charge in [0.1, 0.15) is 0 Å². The fraction of sp³-hybridized carbons (Fsp3) is 0.320. The van der Waals surface area contributed by atoms with Gasteiger partial charge in [-0.3, -0.25) is 9.78 Å². The van der Waals surface area contributed by atoms with E-state index in [0.29, 0.717) is 0 Å². The Morgan fingerprint density at radius 2 is 1.93 bits per heavy atom. The fourth-order valence-electron chi connectivity index (χ4n) is 3.92. The summed E-state index contributed by atoms with van der Waals surface area (Å²) in [5, 5.41) is 6.33. The van der Waals surface area contributed by atoms with E-state index in [1.54, 1.807) is 12.4 Å². The molecule has 29 heavy (non-hydrogen) atoms. The number of hydrazone groups is 1. The van der Waals surface area contributed by atoms with E-state index < -0.39 is 0 Å². The van der Waals surface area contributed by atoms with Crippen LogP contribution in [0.5, 0.6) is 0 Å². The number of aromatic nitrogens is 1. The van der Waals surface area contributed by atoms with Crippen molar-refractivity contribution in [1.29, 1.82) is 0 Å². The predicted molar refractivity (Wildman–Crippen MR) is 118 cm³/mol. The molecule has 1 N–H and O–H groups in total. The van der Waals surface area contributed by atoms with Crippen molar-refractivity contribution in [1.82, 2.24) is 10.4 Å². The molecule has 0 spiro atoms. The van der Waals surface area contributed by atoms with E-state index in [0.717, 1.165) is 22.8 Å². The summed E-state index contributed by atoms with van der Waals surface area (Å²) in [6.45, 7) is 8.79. The molecule has 3 aromatic rings. The van der Waals surface area contributed by atoms with Gasteiger partial charge in [0.05, 0.1) is 12.1 Å². The van der Waals surface area contributed by atoms with Crippen LogP contribution in [0.3, 0.4) is 0 Å². The van der Waals surface area contributed by atoms with E-state index in [-0.39, 0.29) is 22.7 Å². The smallest absolute Gasteiger partial charge is 0.244 e. The summed E-state index contributed by atoms with van der Waals surface area (Å²) in [6, 6.07) is 16.6. The van der Waals surface area contributed by atoms with E-state index in [9.17, 15) is 4.79 Å². The van der Waals surface area contributed by atoms with Gasteiger partial charge < -0.3 is 0 Å². The highest BCUT2D eigenvalue weighted by Gasteiger charge is 2.55. The van der Waals surface area contributed by atoms with Gasteiger partial charge in [-0.25, -0.2) is 5.43 Å². The average molecular weight is 386 g/mol. The molecule has 4 rings (SSSR count). The van der Waals surface area contributed by atoms with Gasteiger partial charge in [-0.05, 0) is 34.4 Å². The number of benzene rings is 2. The van der Waals surface area contributed by atoms with Crippen LogP contribution >= 0.6 is 0 Å². The second-order valence-corrected chi connectivity index (χ2v) is 9.18. The standard InChI is InChI=1S/C25H27N3O/c1-24(2,3)19-8-10-20(11-9-19)25(4)14-22(25)23(29)28-27-16-18-7-5-6-17-15-26-13-12-21(17)18/h5-13,15-16,22H,14H2,1-4H3,(H,28,29)/b27-16+. The third-order valence-electron chi connectivity index (χ3n) is 6.06. The minimum absolute atomic E-state index is 0.0226. The number of carbonyl (C=O) groups excluding carboxylic acids is 1. The summed E-state index contributed by atoms with van der Waals surface area (Å²) in [5.74, 6) is -0.0672. The summed E-state index contributed by atoms with van der Waals surface area (Å²) < 4.78 is 0. The first-order valence-corrected chi connectivity index (χ1v) is 10.1. The first-order valence-electron chi connectivity index (χ1n) is 10.1. The summed E-state index contributed by atoms with van der Waals surface area (Å²) in [6.07, 6.45) is 6.14. The molecule has 1 aromatic heterocycles. The monoisotopic (exact) mass is 385 g/mol. The van der Waals surface area contributed by atoms with Crippen molar-refractivity contribution >= 4 is 22.9 Å². The van der Waals surface area contributed by atoms with Gasteiger partial charge in [0, 0.05) is 28.8 Å². The predicted octanol–water partition coefficient (Wildman–Crippen LogP) is 4.96. The normalized spacial score (nSPS) is 21.4. The van der Waals surface area contributed by atoms with Crippen LogP contribution in [-0.4, -0.2) is 17.1 Å². The first kappa shape index (κ1) is 19.3. The number of hydrogen-bond donors (Lipinski definition) is 1. The molecule has 1 amide bonds. The van der Waals surface area contributed by atoms with Crippen LogP contribution in [0, 0.1) is 5.92 Å². The molecule has 1 fully saturated rings. The number of fused-ring (bicyclic) bond motifs is 1. The van der Waals surface area contributed by atoms with Crippen LogP contribution in [0.15, 0.2) is 66.0 Å². The molecule has 4 heteroatoms. The second kappa shape index (κ2) is 7.11. The molecule has 1 heterocycles. The Labute approximate surface area is 172 Å². The maximum Gasteiger partial charge on any atom is 0.244 e. The minimum Gasteiger partial charge on any atom is -0.273 e. The average Bonchev–Trinajstić information content (AvgIpc) is 3.41. The lowest BCUT2D eigenvalue weighted by molar-refractivity contribution is -0.122. The van der Waals surface area contributed by atoms with Crippen LogP contribution < -0.4 is 5.43 Å². The van der Waals surface area contributed by atoms with E-state index in [1.165, 1.54) is 11.1 Å². The Morgan fingerprint density at radius 3 is 2.66 bits per heavy atom. The molecule has 2 unspecified atom stereocenters. The van der Waals surface area contributed by atoms with Crippen LogP contribution in [-0.2, 0) is 15.6 Å². The molecule has 1 saturated carbocycles. The Bertz CT molecular complexity index is 1070. The van der Waals surface area contributed by atoms with Crippen molar-refractivity contribution < 1.29 is 4.79 Å². The van der Waals surface area contributed by atoms with Gasteiger partial charge in [-0.15, -0.1) is 0 Å².